The summed E-state index contributed by atoms with van der Waals surface area (Å²) in [6, 6.07) is 3.75. The van der Waals surface area contributed by atoms with Gasteiger partial charge in [-0.25, -0.2) is 0 Å². The SMILES string of the molecule is Cc1ccc(C)c(-c2noc(CN)n2)c1O. The van der Waals surface area contributed by atoms with Gasteiger partial charge in [0.2, 0.25) is 11.7 Å². The van der Waals surface area contributed by atoms with Crippen LogP contribution in [0.4, 0.5) is 0 Å². The maximum atomic E-state index is 9.96. The lowest BCUT2D eigenvalue weighted by molar-refractivity contribution is 0.380. The van der Waals surface area contributed by atoms with Gasteiger partial charge >= 0.3 is 0 Å². The number of hydrogen-bond acceptors (Lipinski definition) is 5. The summed E-state index contributed by atoms with van der Waals surface area (Å²) >= 11 is 0. The maximum absolute atomic E-state index is 9.96. The lowest BCUT2D eigenvalue weighted by atomic mass is 10.0. The molecule has 0 aliphatic rings. The van der Waals surface area contributed by atoms with E-state index in [-0.39, 0.29) is 12.3 Å². The highest BCUT2D eigenvalue weighted by Gasteiger charge is 2.15. The van der Waals surface area contributed by atoms with Crippen LogP contribution >= 0.6 is 0 Å². The van der Waals surface area contributed by atoms with Crippen LogP contribution < -0.4 is 5.73 Å². The molecule has 5 heteroatoms. The molecule has 0 unspecified atom stereocenters. The Balaban J connectivity index is 2.58. The Labute approximate surface area is 92.9 Å². The topological polar surface area (TPSA) is 85.2 Å². The number of benzene rings is 1. The Morgan fingerprint density at radius 1 is 1.31 bits per heavy atom. The Hall–Kier alpha value is -1.88. The van der Waals surface area contributed by atoms with Crippen LogP contribution in [0.2, 0.25) is 0 Å². The highest BCUT2D eigenvalue weighted by molar-refractivity contribution is 5.69. The Bertz CT molecular complexity index is 520. The number of nitrogens with zero attached hydrogens (tertiary/aromatic N) is 2. The van der Waals surface area contributed by atoms with Crippen molar-refractivity contribution in [3.63, 3.8) is 0 Å². The van der Waals surface area contributed by atoms with E-state index < -0.39 is 0 Å². The van der Waals surface area contributed by atoms with Crippen LogP contribution in [0, 0.1) is 13.8 Å². The van der Waals surface area contributed by atoms with Gasteiger partial charge in [0.1, 0.15) is 5.75 Å². The van der Waals surface area contributed by atoms with Crippen LogP contribution in [-0.2, 0) is 6.54 Å². The second-order valence-corrected chi connectivity index (χ2v) is 3.64. The first-order valence-electron chi connectivity index (χ1n) is 4.95. The Morgan fingerprint density at radius 2 is 2.00 bits per heavy atom. The molecule has 2 aromatic rings. The van der Waals surface area contributed by atoms with E-state index in [1.807, 2.05) is 26.0 Å². The molecule has 0 amide bonds. The standard InChI is InChI=1S/C11H13N3O2/c1-6-3-4-7(2)10(15)9(6)11-13-8(5-12)16-14-11/h3-4,15H,5,12H2,1-2H3. The second kappa shape index (κ2) is 3.94. The summed E-state index contributed by atoms with van der Waals surface area (Å²) in [5.41, 5.74) is 7.66. The van der Waals surface area contributed by atoms with Gasteiger partial charge in [-0.05, 0) is 25.0 Å². The fraction of sp³-hybridized carbons (Fsp3) is 0.273. The first-order valence-corrected chi connectivity index (χ1v) is 4.95. The lowest BCUT2D eigenvalue weighted by Crippen LogP contribution is -1.96. The summed E-state index contributed by atoms with van der Waals surface area (Å²) in [5, 5.41) is 13.8. The van der Waals surface area contributed by atoms with Crippen molar-refractivity contribution in [1.29, 1.82) is 0 Å². The van der Waals surface area contributed by atoms with Crippen LogP contribution in [0.1, 0.15) is 17.0 Å². The number of rotatable bonds is 2. The lowest BCUT2D eigenvalue weighted by Gasteiger charge is -2.06. The third-order valence-electron chi connectivity index (χ3n) is 2.45. The molecule has 0 aliphatic carbocycles. The summed E-state index contributed by atoms with van der Waals surface area (Å²) in [4.78, 5) is 4.10. The molecule has 1 aromatic carbocycles. The molecule has 0 atom stereocenters. The van der Waals surface area contributed by atoms with E-state index in [0.29, 0.717) is 17.3 Å². The third kappa shape index (κ3) is 1.65. The molecule has 0 bridgehead atoms. The molecule has 1 heterocycles. The summed E-state index contributed by atoms with van der Waals surface area (Å²) in [5.74, 6) is 0.916. The largest absolute Gasteiger partial charge is 0.507 e. The minimum Gasteiger partial charge on any atom is -0.507 e. The van der Waals surface area contributed by atoms with Crippen molar-refractivity contribution in [2.75, 3.05) is 0 Å². The van der Waals surface area contributed by atoms with Gasteiger partial charge in [-0.3, -0.25) is 0 Å². The zero-order valence-electron chi connectivity index (χ0n) is 9.19. The smallest absolute Gasteiger partial charge is 0.240 e. The molecule has 0 fully saturated rings. The molecule has 1 aromatic heterocycles. The second-order valence-electron chi connectivity index (χ2n) is 3.64. The fourth-order valence-corrected chi connectivity index (χ4v) is 1.52. The van der Waals surface area contributed by atoms with E-state index in [2.05, 4.69) is 10.1 Å². The van der Waals surface area contributed by atoms with Crippen molar-refractivity contribution in [3.05, 3.63) is 29.2 Å². The molecule has 16 heavy (non-hydrogen) atoms. The molecule has 0 saturated carbocycles. The monoisotopic (exact) mass is 219 g/mol. The Morgan fingerprint density at radius 3 is 2.62 bits per heavy atom. The molecule has 0 saturated heterocycles. The van der Waals surface area contributed by atoms with Crippen LogP contribution in [0.25, 0.3) is 11.4 Å². The first kappa shape index (κ1) is 10.6. The van der Waals surface area contributed by atoms with Crippen LogP contribution in [0.5, 0.6) is 5.75 Å². The number of aromatic nitrogens is 2. The predicted molar refractivity (Wildman–Crippen MR) is 58.8 cm³/mol. The number of nitrogens with two attached hydrogens (primary N) is 1. The van der Waals surface area contributed by atoms with Crippen molar-refractivity contribution < 1.29 is 9.63 Å². The normalized spacial score (nSPS) is 10.7. The first-order chi connectivity index (χ1) is 7.63. The van der Waals surface area contributed by atoms with Crippen LogP contribution in [0.3, 0.4) is 0 Å². The maximum Gasteiger partial charge on any atom is 0.240 e. The van der Waals surface area contributed by atoms with Crippen molar-refractivity contribution in [3.8, 4) is 17.1 Å². The molecule has 3 N–H and O–H groups in total. The summed E-state index contributed by atoms with van der Waals surface area (Å²) in [6.07, 6.45) is 0. The highest BCUT2D eigenvalue weighted by Crippen LogP contribution is 2.32. The molecule has 0 spiro atoms. The van der Waals surface area contributed by atoms with Crippen molar-refractivity contribution >= 4 is 0 Å². The zero-order valence-corrected chi connectivity index (χ0v) is 9.19. The molecular formula is C11H13N3O2. The van der Waals surface area contributed by atoms with Gasteiger partial charge in [0.25, 0.3) is 0 Å². The van der Waals surface area contributed by atoms with Crippen molar-refractivity contribution in [2.45, 2.75) is 20.4 Å². The fourth-order valence-electron chi connectivity index (χ4n) is 1.52. The molecule has 0 radical (unpaired) electrons. The van der Waals surface area contributed by atoms with Crippen molar-refractivity contribution in [2.24, 2.45) is 5.73 Å². The molecule has 84 valence electrons. The summed E-state index contributed by atoms with van der Waals surface area (Å²) in [7, 11) is 0. The van der Waals surface area contributed by atoms with Crippen molar-refractivity contribution in [1.82, 2.24) is 10.1 Å². The predicted octanol–water partition coefficient (Wildman–Crippen LogP) is 1.52. The van der Waals surface area contributed by atoms with E-state index in [0.717, 1.165) is 11.1 Å². The number of aryl methyl sites for hydroxylation is 2. The van der Waals surface area contributed by atoms with Crippen LogP contribution in [0.15, 0.2) is 16.7 Å². The highest BCUT2D eigenvalue weighted by atomic mass is 16.5. The zero-order chi connectivity index (χ0) is 11.7. The Kier molecular flexibility index (Phi) is 2.62. The molecule has 5 nitrogen and oxygen atoms in total. The van der Waals surface area contributed by atoms with E-state index in [4.69, 9.17) is 10.3 Å². The minimum absolute atomic E-state index is 0.185. The third-order valence-corrected chi connectivity index (χ3v) is 2.45. The van der Waals surface area contributed by atoms with E-state index in [1.54, 1.807) is 0 Å². The van der Waals surface area contributed by atoms with Gasteiger partial charge in [0.15, 0.2) is 0 Å². The van der Waals surface area contributed by atoms with Gasteiger partial charge in [0.05, 0.1) is 12.1 Å². The number of hydrogen-bond donors (Lipinski definition) is 2. The van der Waals surface area contributed by atoms with E-state index in [1.165, 1.54) is 0 Å². The van der Waals surface area contributed by atoms with Gasteiger partial charge in [-0.2, -0.15) is 4.98 Å². The van der Waals surface area contributed by atoms with E-state index >= 15 is 0 Å². The summed E-state index contributed by atoms with van der Waals surface area (Å²) < 4.78 is 4.92. The molecule has 0 aliphatic heterocycles. The van der Waals surface area contributed by atoms with Gasteiger partial charge in [-0.15, -0.1) is 0 Å². The number of aromatic hydroxyl groups is 1. The molecular weight excluding hydrogens is 206 g/mol. The van der Waals surface area contributed by atoms with E-state index in [9.17, 15) is 5.11 Å². The number of phenolic OH excluding ortho intramolecular Hbond substituents is 1. The quantitative estimate of drug-likeness (QED) is 0.799. The summed E-state index contributed by atoms with van der Waals surface area (Å²) in [6.45, 7) is 3.90. The average Bonchev–Trinajstić information content (AvgIpc) is 2.73. The minimum atomic E-state index is 0.185. The van der Waals surface area contributed by atoms with Gasteiger partial charge in [0, 0.05) is 0 Å². The average molecular weight is 219 g/mol. The number of phenols is 1. The molecule has 2 rings (SSSR count). The van der Waals surface area contributed by atoms with Gasteiger partial charge < -0.3 is 15.4 Å². The van der Waals surface area contributed by atoms with Crippen LogP contribution in [-0.4, -0.2) is 15.2 Å². The van der Waals surface area contributed by atoms with Gasteiger partial charge in [-0.1, -0.05) is 17.3 Å².